The molecule has 0 spiro atoms. The molecule has 0 fully saturated rings. The Morgan fingerprint density at radius 2 is 2.15 bits per heavy atom. The van der Waals surface area contributed by atoms with Crippen molar-refractivity contribution in [1.29, 1.82) is 0 Å². The normalized spacial score (nSPS) is 24.4. The van der Waals surface area contributed by atoms with Crippen LogP contribution in [0.1, 0.15) is 13.8 Å². The summed E-state index contributed by atoms with van der Waals surface area (Å²) in [6.45, 7) is 4.46. The van der Waals surface area contributed by atoms with Gasteiger partial charge in [0, 0.05) is 11.5 Å². The zero-order chi connectivity index (χ0) is 9.26. The quantitative estimate of drug-likeness (QED) is 0.529. The van der Waals surface area contributed by atoms with Crippen molar-refractivity contribution in [2.45, 2.75) is 13.8 Å². The van der Waals surface area contributed by atoms with Gasteiger partial charge in [0.25, 0.3) is 0 Å². The number of hydrogen-bond donors (Lipinski definition) is 0. The van der Waals surface area contributed by atoms with Crippen LogP contribution in [0.15, 0.2) is 53.3 Å². The van der Waals surface area contributed by atoms with Gasteiger partial charge in [-0.3, -0.25) is 0 Å². The molecule has 1 unspecified atom stereocenters. The lowest BCUT2D eigenvalue weighted by Crippen LogP contribution is -2.05. The maximum Gasteiger partial charge on any atom is 0.0281 e. The molecule has 0 nitrogen and oxygen atoms in total. The second-order valence-electron chi connectivity index (χ2n) is 3.83. The summed E-state index contributed by atoms with van der Waals surface area (Å²) in [4.78, 5) is 0. The molecule has 2 aliphatic carbocycles. The Morgan fingerprint density at radius 3 is 2.92 bits per heavy atom. The van der Waals surface area contributed by atoms with E-state index in [4.69, 9.17) is 0 Å². The van der Waals surface area contributed by atoms with Crippen molar-refractivity contribution in [1.82, 2.24) is 0 Å². The molecule has 0 amide bonds. The Kier molecular flexibility index (Phi) is 2.08. The van der Waals surface area contributed by atoms with Crippen LogP contribution in [0.3, 0.4) is 0 Å². The van der Waals surface area contributed by atoms with Gasteiger partial charge >= 0.3 is 0 Å². The molecule has 0 aromatic heterocycles. The predicted octanol–water partition coefficient (Wildman–Crippen LogP) is 3.41. The van der Waals surface area contributed by atoms with E-state index >= 15 is 0 Å². The van der Waals surface area contributed by atoms with Gasteiger partial charge in [0.05, 0.1) is 0 Å². The second kappa shape index (κ2) is 3.24. The highest BCUT2D eigenvalue weighted by molar-refractivity contribution is 5.43. The maximum absolute atomic E-state index is 3.25. The number of rotatable bonds is 1. The fourth-order valence-electron chi connectivity index (χ4n) is 1.66. The average molecular weight is 170 g/mol. The monoisotopic (exact) mass is 170 g/mol. The van der Waals surface area contributed by atoms with E-state index in [0.29, 0.717) is 11.8 Å². The van der Waals surface area contributed by atoms with Crippen LogP contribution in [0.4, 0.5) is 0 Å². The molecule has 0 heteroatoms. The third-order valence-electron chi connectivity index (χ3n) is 2.52. The fourth-order valence-corrected chi connectivity index (χ4v) is 1.66. The zero-order valence-electron chi connectivity index (χ0n) is 8.12. The first-order valence-electron chi connectivity index (χ1n) is 4.80. The van der Waals surface area contributed by atoms with Gasteiger partial charge in [-0.15, -0.1) is 5.73 Å². The number of allylic oxidation sites excluding steroid dienone is 7. The predicted molar refractivity (Wildman–Crippen MR) is 56.3 cm³/mol. The average Bonchev–Trinajstić information content (AvgIpc) is 2.17. The van der Waals surface area contributed by atoms with Gasteiger partial charge in [0.2, 0.25) is 0 Å². The van der Waals surface area contributed by atoms with Gasteiger partial charge in [0.15, 0.2) is 0 Å². The molecule has 0 radical (unpaired) electrons. The van der Waals surface area contributed by atoms with Crippen LogP contribution in [0.5, 0.6) is 0 Å². The second-order valence-corrected chi connectivity index (χ2v) is 3.83. The van der Waals surface area contributed by atoms with Gasteiger partial charge in [-0.1, -0.05) is 44.2 Å². The van der Waals surface area contributed by atoms with Crippen molar-refractivity contribution in [3.63, 3.8) is 0 Å². The summed E-state index contributed by atoms with van der Waals surface area (Å²) in [7, 11) is 0. The standard InChI is InChI=1S/C13H14/c1-10(2)12-8-7-11-5-3-4-6-13(11)9-12/h3-4,6-10,13H,1-2H3. The van der Waals surface area contributed by atoms with Crippen LogP contribution in [-0.4, -0.2) is 0 Å². The molecule has 1 atom stereocenters. The lowest BCUT2D eigenvalue weighted by atomic mass is 9.86. The summed E-state index contributed by atoms with van der Waals surface area (Å²) >= 11 is 0. The molecule has 2 rings (SSSR count). The van der Waals surface area contributed by atoms with E-state index in [2.05, 4.69) is 50.0 Å². The van der Waals surface area contributed by atoms with Crippen molar-refractivity contribution >= 4 is 0 Å². The van der Waals surface area contributed by atoms with Gasteiger partial charge in [-0.25, -0.2) is 0 Å². The summed E-state index contributed by atoms with van der Waals surface area (Å²) < 4.78 is 0. The Labute approximate surface area is 79.7 Å². The van der Waals surface area contributed by atoms with E-state index in [0.717, 1.165) is 0 Å². The van der Waals surface area contributed by atoms with E-state index in [1.807, 2.05) is 6.08 Å². The molecular weight excluding hydrogens is 156 g/mol. The highest BCUT2D eigenvalue weighted by Crippen LogP contribution is 2.27. The van der Waals surface area contributed by atoms with E-state index in [9.17, 15) is 0 Å². The van der Waals surface area contributed by atoms with Crippen molar-refractivity contribution < 1.29 is 0 Å². The third-order valence-corrected chi connectivity index (χ3v) is 2.52. The van der Waals surface area contributed by atoms with Gasteiger partial charge < -0.3 is 0 Å². The zero-order valence-corrected chi connectivity index (χ0v) is 8.12. The van der Waals surface area contributed by atoms with Crippen molar-refractivity contribution in [2.24, 2.45) is 11.8 Å². The van der Waals surface area contributed by atoms with Crippen molar-refractivity contribution in [3.05, 3.63) is 53.3 Å². The SMILES string of the molecule is CC(C)C1=CC2C=CC=C=C2C=C1. The lowest BCUT2D eigenvalue weighted by molar-refractivity contribution is 0.769. The summed E-state index contributed by atoms with van der Waals surface area (Å²) in [5.74, 6) is 1.09. The molecule has 0 bridgehead atoms. The summed E-state index contributed by atoms with van der Waals surface area (Å²) in [5.41, 5.74) is 5.97. The minimum atomic E-state index is 0.465. The van der Waals surface area contributed by atoms with Crippen LogP contribution in [-0.2, 0) is 0 Å². The highest BCUT2D eigenvalue weighted by atomic mass is 14.2. The minimum absolute atomic E-state index is 0.465. The van der Waals surface area contributed by atoms with E-state index in [1.165, 1.54) is 11.1 Å². The lowest BCUT2D eigenvalue weighted by Gasteiger charge is -2.18. The molecule has 0 heterocycles. The first-order valence-corrected chi connectivity index (χ1v) is 4.80. The Hall–Kier alpha value is -1.26. The Bertz CT molecular complexity index is 355. The molecule has 0 aliphatic heterocycles. The van der Waals surface area contributed by atoms with Crippen LogP contribution in [0.25, 0.3) is 0 Å². The smallest absolute Gasteiger partial charge is 0.0281 e. The molecule has 2 aliphatic rings. The van der Waals surface area contributed by atoms with Gasteiger partial charge in [-0.05, 0) is 17.6 Å². The van der Waals surface area contributed by atoms with Crippen molar-refractivity contribution in [2.75, 3.05) is 0 Å². The van der Waals surface area contributed by atoms with Crippen LogP contribution < -0.4 is 0 Å². The first kappa shape index (κ1) is 8.34. The third kappa shape index (κ3) is 1.59. The molecule has 66 valence electrons. The van der Waals surface area contributed by atoms with Gasteiger partial charge in [0.1, 0.15) is 0 Å². The summed E-state index contributed by atoms with van der Waals surface area (Å²) in [6, 6.07) is 0. The van der Waals surface area contributed by atoms with E-state index in [1.54, 1.807) is 0 Å². The van der Waals surface area contributed by atoms with Crippen LogP contribution in [0, 0.1) is 11.8 Å². The topological polar surface area (TPSA) is 0 Å². The molecule has 0 aromatic carbocycles. The Balaban J connectivity index is 2.34. The molecule has 13 heavy (non-hydrogen) atoms. The highest BCUT2D eigenvalue weighted by Gasteiger charge is 2.13. The Morgan fingerprint density at radius 1 is 1.31 bits per heavy atom. The van der Waals surface area contributed by atoms with Gasteiger partial charge in [-0.2, -0.15) is 0 Å². The molecule has 0 saturated carbocycles. The van der Waals surface area contributed by atoms with E-state index < -0.39 is 0 Å². The van der Waals surface area contributed by atoms with Crippen molar-refractivity contribution in [3.8, 4) is 0 Å². The first-order chi connectivity index (χ1) is 6.27. The molecule has 0 aromatic rings. The largest absolute Gasteiger partial charge is 0.116 e. The summed E-state index contributed by atoms with van der Waals surface area (Å²) in [5, 5.41) is 0. The minimum Gasteiger partial charge on any atom is -0.116 e. The number of hydrogen-bond acceptors (Lipinski definition) is 0. The molecule has 0 N–H and O–H groups in total. The fraction of sp³-hybridized carbons (Fsp3) is 0.308. The van der Waals surface area contributed by atoms with Crippen LogP contribution in [0.2, 0.25) is 0 Å². The molecule has 0 saturated heterocycles. The summed E-state index contributed by atoms with van der Waals surface area (Å²) in [6.07, 6.45) is 13.0. The van der Waals surface area contributed by atoms with Crippen LogP contribution >= 0.6 is 0 Å². The number of fused-ring (bicyclic) bond motifs is 1. The van der Waals surface area contributed by atoms with E-state index in [-0.39, 0.29) is 0 Å². The molecular formula is C13H14. The maximum atomic E-state index is 3.25.